The Bertz CT molecular complexity index is 1220. The zero-order chi connectivity index (χ0) is 29.1. The quantitative estimate of drug-likeness (QED) is 0.449. The fraction of sp³-hybridized carbons (Fsp3) is 0.571. The van der Waals surface area contributed by atoms with Gasteiger partial charge in [0.05, 0.1) is 35.3 Å². The highest BCUT2D eigenvalue weighted by Crippen LogP contribution is 2.44. The van der Waals surface area contributed by atoms with Crippen LogP contribution in [0.1, 0.15) is 31.0 Å². The predicted molar refractivity (Wildman–Crippen MR) is 145 cm³/mol. The molecule has 1 aliphatic carbocycles. The van der Waals surface area contributed by atoms with E-state index in [0.29, 0.717) is 57.3 Å². The second-order valence-electron chi connectivity index (χ2n) is 10.8. The van der Waals surface area contributed by atoms with Crippen LogP contribution in [0.5, 0.6) is 6.01 Å². The van der Waals surface area contributed by atoms with Crippen LogP contribution in [-0.2, 0) is 17.8 Å². The molecule has 4 rings (SSSR count). The number of ether oxygens (including phenoxy) is 1. The average molecular weight is 560 g/mol. The van der Waals surface area contributed by atoms with Gasteiger partial charge in [-0.3, -0.25) is 9.69 Å². The molecular weight excluding hydrogens is 523 g/mol. The minimum absolute atomic E-state index is 0.155. The van der Waals surface area contributed by atoms with Crippen molar-refractivity contribution in [2.45, 2.75) is 50.5 Å². The van der Waals surface area contributed by atoms with Crippen LogP contribution in [0.15, 0.2) is 36.5 Å². The third-order valence-electron chi connectivity index (χ3n) is 7.86. The van der Waals surface area contributed by atoms with Gasteiger partial charge in [0.15, 0.2) is 0 Å². The van der Waals surface area contributed by atoms with E-state index in [4.69, 9.17) is 9.72 Å². The Morgan fingerprint density at radius 3 is 2.77 bits per heavy atom. The summed E-state index contributed by atoms with van der Waals surface area (Å²) >= 11 is 0. The number of nitrogens with zero attached hydrogens (tertiary/aromatic N) is 7. The molecule has 1 amide bonds. The van der Waals surface area contributed by atoms with E-state index >= 15 is 0 Å². The monoisotopic (exact) mass is 559 g/mol. The Balaban J connectivity index is 1.68. The Labute approximate surface area is 233 Å². The maximum atomic E-state index is 14.0. The molecule has 2 aliphatic heterocycles. The maximum Gasteiger partial charge on any atom is 0.414 e. The Hall–Kier alpha value is -3.43. The van der Waals surface area contributed by atoms with Gasteiger partial charge in [0.25, 0.3) is 0 Å². The molecule has 0 aromatic carbocycles. The molecule has 3 heterocycles. The summed E-state index contributed by atoms with van der Waals surface area (Å²) in [5.41, 5.74) is -0.293. The van der Waals surface area contributed by atoms with Crippen molar-refractivity contribution in [1.29, 1.82) is 5.26 Å². The summed E-state index contributed by atoms with van der Waals surface area (Å²) in [4.78, 5) is 29.3. The van der Waals surface area contributed by atoms with Gasteiger partial charge in [0.2, 0.25) is 5.91 Å². The molecule has 0 radical (unpaired) electrons. The summed E-state index contributed by atoms with van der Waals surface area (Å²) in [6.07, 6.45) is 2.06. The molecule has 12 heteroatoms. The molecule has 1 saturated heterocycles. The SMILES string of the molecule is C=CC(=O)N1CCN(c2nc(OCCN(C)C)nc3c2CCN(C2(C)CC=CC=C2C(F)(F)F)C3)CC1CC#N. The standard InChI is InChI=1S/C28H36F3N7O2/c1-5-24(39)38-15-14-36(18-20(38)9-12-32)25-21-10-13-37(27(2)11-7-6-8-23(27)28(29,30)31)19-22(21)33-26(34-25)40-17-16-35(3)4/h5-8,20H,1,9-11,13-19H2,2-4H3. The number of halogens is 3. The predicted octanol–water partition coefficient (Wildman–Crippen LogP) is 3.10. The molecule has 9 nitrogen and oxygen atoms in total. The summed E-state index contributed by atoms with van der Waals surface area (Å²) in [6, 6.07) is 1.99. The first kappa shape index (κ1) is 29.6. The van der Waals surface area contributed by atoms with Crippen molar-refractivity contribution in [2.24, 2.45) is 0 Å². The van der Waals surface area contributed by atoms with Crippen molar-refractivity contribution in [2.75, 3.05) is 58.3 Å². The number of anilines is 1. The van der Waals surface area contributed by atoms with Crippen molar-refractivity contribution < 1.29 is 22.7 Å². The van der Waals surface area contributed by atoms with Gasteiger partial charge in [-0.05, 0) is 39.9 Å². The topological polar surface area (TPSA) is 88.8 Å². The summed E-state index contributed by atoms with van der Waals surface area (Å²) in [5, 5.41) is 9.40. The largest absolute Gasteiger partial charge is 0.462 e. The van der Waals surface area contributed by atoms with Crippen LogP contribution in [0, 0.1) is 11.3 Å². The highest BCUT2D eigenvalue weighted by molar-refractivity contribution is 5.87. The number of rotatable bonds is 8. The Morgan fingerprint density at radius 2 is 2.10 bits per heavy atom. The normalized spacial score (nSPS) is 23.4. The molecule has 0 spiro atoms. The van der Waals surface area contributed by atoms with Crippen LogP contribution in [0.3, 0.4) is 0 Å². The number of carbonyl (C=O) groups is 1. The first-order valence-corrected chi connectivity index (χ1v) is 13.4. The second kappa shape index (κ2) is 12.0. The molecule has 1 fully saturated rings. The number of piperazine rings is 1. The van der Waals surface area contributed by atoms with Crippen LogP contribution in [0.25, 0.3) is 0 Å². The van der Waals surface area contributed by atoms with E-state index in [2.05, 4.69) is 17.6 Å². The lowest BCUT2D eigenvalue weighted by atomic mass is 9.81. The van der Waals surface area contributed by atoms with Gasteiger partial charge in [0.1, 0.15) is 12.4 Å². The van der Waals surface area contributed by atoms with Crippen LogP contribution in [0.4, 0.5) is 19.0 Å². The fourth-order valence-corrected chi connectivity index (χ4v) is 5.64. The lowest BCUT2D eigenvalue weighted by Gasteiger charge is -2.46. The summed E-state index contributed by atoms with van der Waals surface area (Å²) < 4.78 is 48.0. The highest BCUT2D eigenvalue weighted by atomic mass is 19.4. The number of likely N-dealkylation sites (N-methyl/N-ethyl adjacent to an activating group) is 1. The zero-order valence-corrected chi connectivity index (χ0v) is 23.2. The fourth-order valence-electron chi connectivity index (χ4n) is 5.64. The van der Waals surface area contributed by atoms with Gasteiger partial charge in [-0.1, -0.05) is 24.8 Å². The zero-order valence-electron chi connectivity index (χ0n) is 23.2. The lowest BCUT2D eigenvalue weighted by molar-refractivity contribution is -0.128. The molecule has 1 aromatic rings. The van der Waals surface area contributed by atoms with Gasteiger partial charge in [-0.15, -0.1) is 0 Å². The van der Waals surface area contributed by atoms with Crippen LogP contribution >= 0.6 is 0 Å². The second-order valence-corrected chi connectivity index (χ2v) is 10.8. The van der Waals surface area contributed by atoms with Crippen molar-refractivity contribution in [1.82, 2.24) is 24.7 Å². The van der Waals surface area contributed by atoms with Crippen LogP contribution < -0.4 is 9.64 Å². The van der Waals surface area contributed by atoms with Crippen molar-refractivity contribution >= 4 is 11.7 Å². The average Bonchev–Trinajstić information content (AvgIpc) is 2.91. The van der Waals surface area contributed by atoms with Crippen molar-refractivity contribution in [3.05, 3.63) is 47.7 Å². The summed E-state index contributed by atoms with van der Waals surface area (Å²) in [5.74, 6) is 0.426. The maximum absolute atomic E-state index is 14.0. The molecule has 3 aliphatic rings. The van der Waals surface area contributed by atoms with Crippen LogP contribution in [0.2, 0.25) is 0 Å². The van der Waals surface area contributed by atoms with Gasteiger partial charge in [0, 0.05) is 44.8 Å². The lowest BCUT2D eigenvalue weighted by Crippen LogP contribution is -2.56. The van der Waals surface area contributed by atoms with E-state index in [1.807, 2.05) is 28.8 Å². The molecule has 2 unspecified atom stereocenters. The Morgan fingerprint density at radius 1 is 1.32 bits per heavy atom. The smallest absolute Gasteiger partial charge is 0.414 e. The summed E-state index contributed by atoms with van der Waals surface area (Å²) in [7, 11) is 3.84. The van der Waals surface area contributed by atoms with Crippen molar-refractivity contribution in [3.63, 3.8) is 0 Å². The number of nitriles is 1. The van der Waals surface area contributed by atoms with E-state index < -0.39 is 17.3 Å². The number of alkyl halides is 3. The van der Waals surface area contributed by atoms with Gasteiger partial charge in [-0.2, -0.15) is 28.4 Å². The minimum Gasteiger partial charge on any atom is -0.462 e. The van der Waals surface area contributed by atoms with Gasteiger partial charge >= 0.3 is 12.2 Å². The summed E-state index contributed by atoms with van der Waals surface area (Å²) in [6.45, 7) is 8.07. The molecule has 0 bridgehead atoms. The molecule has 1 aromatic heterocycles. The number of hydrogen-bond acceptors (Lipinski definition) is 8. The number of amides is 1. The Kier molecular flexibility index (Phi) is 8.85. The first-order chi connectivity index (χ1) is 19.0. The van der Waals surface area contributed by atoms with Crippen molar-refractivity contribution in [3.8, 4) is 12.1 Å². The number of aromatic nitrogens is 2. The number of fused-ring (bicyclic) bond motifs is 1. The molecule has 0 saturated carbocycles. The molecule has 2 atom stereocenters. The first-order valence-electron chi connectivity index (χ1n) is 13.4. The third-order valence-corrected chi connectivity index (χ3v) is 7.86. The number of hydrogen-bond donors (Lipinski definition) is 0. The van der Waals surface area contributed by atoms with Gasteiger partial charge < -0.3 is 19.4 Å². The van der Waals surface area contributed by atoms with E-state index in [1.54, 1.807) is 17.9 Å². The molecule has 0 N–H and O–H groups in total. The van der Waals surface area contributed by atoms with E-state index in [0.717, 1.165) is 5.56 Å². The highest BCUT2D eigenvalue weighted by Gasteiger charge is 2.49. The minimum atomic E-state index is -4.45. The third kappa shape index (κ3) is 6.15. The van der Waals surface area contributed by atoms with E-state index in [-0.39, 0.29) is 37.3 Å². The number of carbonyl (C=O) groups excluding carboxylic acids is 1. The van der Waals surface area contributed by atoms with Crippen LogP contribution in [-0.4, -0.2) is 102 Å². The molecular formula is C28H36F3N7O2. The molecule has 40 heavy (non-hydrogen) atoms. The van der Waals surface area contributed by atoms with E-state index in [1.165, 1.54) is 18.2 Å². The van der Waals surface area contributed by atoms with Gasteiger partial charge in [-0.25, -0.2) is 0 Å². The molecule has 216 valence electrons. The number of allylic oxidation sites excluding steroid dienone is 2. The van der Waals surface area contributed by atoms with E-state index in [9.17, 15) is 23.2 Å².